The molecule has 1 fully saturated rings. The van der Waals surface area contributed by atoms with Crippen LogP contribution in [0.5, 0.6) is 5.75 Å². The number of rotatable bonds is 10. The molecule has 5 nitrogen and oxygen atoms in total. The van der Waals surface area contributed by atoms with Crippen molar-refractivity contribution in [2.45, 2.75) is 64.1 Å². The second kappa shape index (κ2) is 13.7. The molecular formula is C31H34Cl2N2O3. The van der Waals surface area contributed by atoms with E-state index in [1.807, 2.05) is 55.5 Å². The lowest BCUT2D eigenvalue weighted by molar-refractivity contribution is -0.143. The molecule has 1 aliphatic rings. The van der Waals surface area contributed by atoms with Gasteiger partial charge in [-0.3, -0.25) is 9.59 Å². The van der Waals surface area contributed by atoms with Crippen LogP contribution in [0.25, 0.3) is 0 Å². The molecule has 7 heteroatoms. The Morgan fingerprint density at radius 3 is 2.39 bits per heavy atom. The van der Waals surface area contributed by atoms with Crippen molar-refractivity contribution in [1.82, 2.24) is 10.2 Å². The van der Waals surface area contributed by atoms with Crippen molar-refractivity contribution in [1.29, 1.82) is 0 Å². The number of benzene rings is 3. The second-order valence-electron chi connectivity index (χ2n) is 9.90. The van der Waals surface area contributed by atoms with Gasteiger partial charge in [0.25, 0.3) is 5.91 Å². The number of carbonyl (C=O) groups is 2. The average molecular weight is 554 g/mol. The van der Waals surface area contributed by atoms with Gasteiger partial charge in [0.2, 0.25) is 5.91 Å². The van der Waals surface area contributed by atoms with Crippen molar-refractivity contribution >= 4 is 35.0 Å². The monoisotopic (exact) mass is 552 g/mol. The van der Waals surface area contributed by atoms with Gasteiger partial charge in [-0.25, -0.2) is 0 Å². The van der Waals surface area contributed by atoms with Crippen LogP contribution in [0.3, 0.4) is 0 Å². The summed E-state index contributed by atoms with van der Waals surface area (Å²) in [4.78, 5) is 29.2. The van der Waals surface area contributed by atoms with E-state index in [1.165, 1.54) is 6.42 Å². The van der Waals surface area contributed by atoms with Crippen LogP contribution in [0.4, 0.5) is 0 Å². The fourth-order valence-corrected chi connectivity index (χ4v) is 5.20. The number of ether oxygens (including phenoxy) is 1. The number of nitrogens with zero attached hydrogens (tertiary/aromatic N) is 1. The lowest BCUT2D eigenvalue weighted by Crippen LogP contribution is -2.53. The van der Waals surface area contributed by atoms with E-state index in [0.29, 0.717) is 22.2 Å². The van der Waals surface area contributed by atoms with E-state index in [4.69, 9.17) is 27.9 Å². The maximum atomic E-state index is 13.8. The summed E-state index contributed by atoms with van der Waals surface area (Å²) in [5.74, 6) is 0.130. The zero-order valence-corrected chi connectivity index (χ0v) is 23.2. The second-order valence-corrected chi connectivity index (χ2v) is 10.7. The van der Waals surface area contributed by atoms with Crippen molar-refractivity contribution in [2.24, 2.45) is 0 Å². The molecule has 3 aromatic carbocycles. The minimum absolute atomic E-state index is 0.130. The third-order valence-electron chi connectivity index (χ3n) is 6.96. The van der Waals surface area contributed by atoms with Gasteiger partial charge in [-0.15, -0.1) is 0 Å². The van der Waals surface area contributed by atoms with Crippen LogP contribution >= 0.6 is 23.2 Å². The summed E-state index contributed by atoms with van der Waals surface area (Å²) < 4.78 is 5.87. The summed E-state index contributed by atoms with van der Waals surface area (Å²) in [6, 6.07) is 21.9. The third kappa shape index (κ3) is 7.99. The van der Waals surface area contributed by atoms with Crippen LogP contribution in [0.15, 0.2) is 72.8 Å². The van der Waals surface area contributed by atoms with Gasteiger partial charge in [-0.2, -0.15) is 0 Å². The molecule has 3 aromatic rings. The van der Waals surface area contributed by atoms with Gasteiger partial charge in [-0.1, -0.05) is 84.9 Å². The highest BCUT2D eigenvalue weighted by molar-refractivity contribution is 6.31. The first-order chi connectivity index (χ1) is 18.4. The minimum atomic E-state index is -0.707. The molecule has 200 valence electrons. The number of hydrogen-bond acceptors (Lipinski definition) is 3. The fraction of sp³-hybridized carbons (Fsp3) is 0.355. The van der Waals surface area contributed by atoms with Crippen molar-refractivity contribution < 1.29 is 14.3 Å². The maximum absolute atomic E-state index is 13.8. The summed E-state index contributed by atoms with van der Waals surface area (Å²) >= 11 is 12.4. The highest BCUT2D eigenvalue weighted by Crippen LogP contribution is 2.23. The van der Waals surface area contributed by atoms with E-state index in [1.54, 1.807) is 29.2 Å². The van der Waals surface area contributed by atoms with Gasteiger partial charge in [0.1, 0.15) is 11.8 Å². The standard InChI is InChI=1S/C31H34Cl2N2O3/c1-22-17-27(15-16-28(22)33)38-21-30(36)35(20-24-11-8-12-25(32)18-24)29(19-23-9-4-2-5-10-23)31(37)34-26-13-6-3-7-14-26/h2,4-5,8-12,15-18,26,29H,3,6-7,13-14,19-21H2,1H3,(H,34,37)/t29-/m1/s1. The maximum Gasteiger partial charge on any atom is 0.261 e. The molecule has 1 N–H and O–H groups in total. The first kappa shape index (κ1) is 28.0. The van der Waals surface area contributed by atoms with Gasteiger partial charge in [0, 0.05) is 29.1 Å². The molecule has 0 radical (unpaired) electrons. The largest absolute Gasteiger partial charge is 0.484 e. The number of hydrogen-bond donors (Lipinski definition) is 1. The lowest BCUT2D eigenvalue weighted by Gasteiger charge is -2.33. The summed E-state index contributed by atoms with van der Waals surface area (Å²) in [5, 5.41) is 4.46. The Morgan fingerprint density at radius 1 is 0.947 bits per heavy atom. The van der Waals surface area contributed by atoms with Crippen LogP contribution in [-0.4, -0.2) is 35.4 Å². The predicted octanol–water partition coefficient (Wildman–Crippen LogP) is 6.77. The Morgan fingerprint density at radius 2 is 1.68 bits per heavy atom. The molecule has 4 rings (SSSR count). The molecule has 0 spiro atoms. The van der Waals surface area contributed by atoms with E-state index in [9.17, 15) is 9.59 Å². The Hall–Kier alpha value is -3.02. The topological polar surface area (TPSA) is 58.6 Å². The molecule has 1 atom stereocenters. The van der Waals surface area contributed by atoms with E-state index in [2.05, 4.69) is 5.32 Å². The van der Waals surface area contributed by atoms with E-state index < -0.39 is 6.04 Å². The SMILES string of the molecule is Cc1cc(OCC(=O)N(Cc2cccc(Cl)c2)[C@H](Cc2ccccc2)C(=O)NC2CCCCC2)ccc1Cl. The van der Waals surface area contributed by atoms with Crippen LogP contribution in [0.2, 0.25) is 10.0 Å². The zero-order chi connectivity index (χ0) is 26.9. The number of nitrogens with one attached hydrogen (secondary N) is 1. The molecule has 0 bridgehead atoms. The summed E-state index contributed by atoms with van der Waals surface area (Å²) in [6.07, 6.45) is 5.73. The molecule has 0 heterocycles. The fourth-order valence-electron chi connectivity index (χ4n) is 4.87. The van der Waals surface area contributed by atoms with Crippen molar-refractivity contribution in [3.05, 3.63) is 99.5 Å². The van der Waals surface area contributed by atoms with Crippen molar-refractivity contribution in [2.75, 3.05) is 6.61 Å². The molecular weight excluding hydrogens is 519 g/mol. The van der Waals surface area contributed by atoms with Gasteiger partial charge in [0.05, 0.1) is 0 Å². The molecule has 38 heavy (non-hydrogen) atoms. The Balaban J connectivity index is 1.61. The van der Waals surface area contributed by atoms with Crippen LogP contribution in [-0.2, 0) is 22.6 Å². The van der Waals surface area contributed by atoms with Crippen LogP contribution < -0.4 is 10.1 Å². The minimum Gasteiger partial charge on any atom is -0.484 e. The van der Waals surface area contributed by atoms with Gasteiger partial charge in [0.15, 0.2) is 6.61 Å². The van der Waals surface area contributed by atoms with Crippen molar-refractivity contribution in [3.8, 4) is 5.75 Å². The summed E-state index contributed by atoms with van der Waals surface area (Å²) in [5.41, 5.74) is 2.69. The molecule has 1 aliphatic carbocycles. The molecule has 0 aromatic heterocycles. The number of halogens is 2. The number of aryl methyl sites for hydroxylation is 1. The van der Waals surface area contributed by atoms with Gasteiger partial charge >= 0.3 is 0 Å². The third-order valence-corrected chi connectivity index (χ3v) is 7.62. The summed E-state index contributed by atoms with van der Waals surface area (Å²) in [6.45, 7) is 1.91. The molecule has 2 amide bonds. The smallest absolute Gasteiger partial charge is 0.261 e. The normalized spacial score (nSPS) is 14.5. The molecule has 1 saturated carbocycles. The van der Waals surface area contributed by atoms with Crippen LogP contribution in [0.1, 0.15) is 48.8 Å². The first-order valence-corrected chi connectivity index (χ1v) is 13.9. The Labute approximate surface area is 235 Å². The quantitative estimate of drug-likeness (QED) is 0.302. The van der Waals surface area contributed by atoms with Crippen LogP contribution in [0, 0.1) is 6.92 Å². The Bertz CT molecular complexity index is 1230. The summed E-state index contributed by atoms with van der Waals surface area (Å²) in [7, 11) is 0. The van der Waals surface area contributed by atoms with Crippen molar-refractivity contribution in [3.63, 3.8) is 0 Å². The average Bonchev–Trinajstić information content (AvgIpc) is 2.92. The lowest BCUT2D eigenvalue weighted by atomic mass is 9.94. The molecule has 0 aliphatic heterocycles. The van der Waals surface area contributed by atoms with Gasteiger partial charge in [-0.05, 0) is 66.8 Å². The number of carbonyl (C=O) groups excluding carboxylic acids is 2. The predicted molar refractivity (Wildman–Crippen MR) is 153 cm³/mol. The van der Waals surface area contributed by atoms with E-state index >= 15 is 0 Å². The van der Waals surface area contributed by atoms with E-state index in [-0.39, 0.29) is 31.0 Å². The highest BCUT2D eigenvalue weighted by atomic mass is 35.5. The van der Waals surface area contributed by atoms with E-state index in [0.717, 1.165) is 42.4 Å². The Kier molecular flexibility index (Phi) is 10.1. The first-order valence-electron chi connectivity index (χ1n) is 13.2. The highest BCUT2D eigenvalue weighted by Gasteiger charge is 2.32. The zero-order valence-electron chi connectivity index (χ0n) is 21.7. The van der Waals surface area contributed by atoms with Gasteiger partial charge < -0.3 is 15.0 Å². The number of amides is 2. The molecule has 0 saturated heterocycles. The molecule has 0 unspecified atom stereocenters.